The van der Waals surface area contributed by atoms with Gasteiger partial charge in [0.25, 0.3) is 0 Å². The van der Waals surface area contributed by atoms with Crippen LogP contribution in [0.2, 0.25) is 0 Å². The fourth-order valence-electron chi connectivity index (χ4n) is 4.85. The molecule has 1 heterocycles. The molecule has 1 amide bonds. The standard InChI is InChI=1S/C19H25NO/c21-18-13-19(10-4-7-16(12-19)15-8-9-15)17(20-18)11-14-5-2-1-3-6-14/h1-3,5-6,15-17H,4,7-13H2,(H,20,21). The number of nitrogens with one attached hydrogen (secondary N) is 1. The highest BCUT2D eigenvalue weighted by molar-refractivity contribution is 5.80. The summed E-state index contributed by atoms with van der Waals surface area (Å²) < 4.78 is 0. The third-order valence-corrected chi connectivity index (χ3v) is 6.08. The molecule has 2 nitrogen and oxygen atoms in total. The number of amides is 1. The van der Waals surface area contributed by atoms with Crippen molar-refractivity contribution in [1.82, 2.24) is 5.32 Å². The monoisotopic (exact) mass is 283 g/mol. The second kappa shape index (κ2) is 5.15. The van der Waals surface area contributed by atoms with Crippen molar-refractivity contribution in [1.29, 1.82) is 0 Å². The van der Waals surface area contributed by atoms with Crippen LogP contribution < -0.4 is 5.32 Å². The normalized spacial score (nSPS) is 35.9. The molecule has 21 heavy (non-hydrogen) atoms. The average Bonchev–Trinajstić information content (AvgIpc) is 3.28. The van der Waals surface area contributed by atoms with E-state index in [1.807, 2.05) is 0 Å². The van der Waals surface area contributed by atoms with Gasteiger partial charge >= 0.3 is 0 Å². The van der Waals surface area contributed by atoms with Crippen LogP contribution in [0.3, 0.4) is 0 Å². The Morgan fingerprint density at radius 2 is 1.90 bits per heavy atom. The minimum Gasteiger partial charge on any atom is -0.352 e. The quantitative estimate of drug-likeness (QED) is 0.900. The molecule has 0 bridgehead atoms. The van der Waals surface area contributed by atoms with Crippen LogP contribution in [0.25, 0.3) is 0 Å². The summed E-state index contributed by atoms with van der Waals surface area (Å²) in [5.74, 6) is 2.16. The Hall–Kier alpha value is -1.31. The van der Waals surface area contributed by atoms with Crippen molar-refractivity contribution in [3.05, 3.63) is 35.9 Å². The maximum absolute atomic E-state index is 12.1. The molecule has 3 aliphatic rings. The average molecular weight is 283 g/mol. The van der Waals surface area contributed by atoms with Gasteiger partial charge in [0.1, 0.15) is 0 Å². The molecule has 1 saturated heterocycles. The zero-order chi connectivity index (χ0) is 14.3. The third kappa shape index (κ3) is 2.61. The van der Waals surface area contributed by atoms with Crippen LogP contribution in [0, 0.1) is 17.3 Å². The molecule has 1 aromatic rings. The fourth-order valence-corrected chi connectivity index (χ4v) is 4.85. The number of benzene rings is 1. The highest BCUT2D eigenvalue weighted by Crippen LogP contribution is 2.54. The van der Waals surface area contributed by atoms with Gasteiger partial charge in [-0.05, 0) is 54.9 Å². The van der Waals surface area contributed by atoms with Crippen LogP contribution >= 0.6 is 0 Å². The molecule has 4 rings (SSSR count). The summed E-state index contributed by atoms with van der Waals surface area (Å²) >= 11 is 0. The molecular weight excluding hydrogens is 258 g/mol. The van der Waals surface area contributed by atoms with Crippen molar-refractivity contribution in [2.24, 2.45) is 17.3 Å². The van der Waals surface area contributed by atoms with Gasteiger partial charge < -0.3 is 5.32 Å². The van der Waals surface area contributed by atoms with E-state index in [1.165, 1.54) is 44.1 Å². The molecule has 0 radical (unpaired) electrons. The molecule has 0 aromatic heterocycles. The van der Waals surface area contributed by atoms with Gasteiger partial charge in [-0.15, -0.1) is 0 Å². The summed E-state index contributed by atoms with van der Waals surface area (Å²) in [7, 11) is 0. The first-order valence-corrected chi connectivity index (χ1v) is 8.58. The number of hydrogen-bond acceptors (Lipinski definition) is 1. The third-order valence-electron chi connectivity index (χ3n) is 6.08. The summed E-state index contributed by atoms with van der Waals surface area (Å²) in [5, 5.41) is 3.30. The van der Waals surface area contributed by atoms with Crippen molar-refractivity contribution in [3.63, 3.8) is 0 Å². The van der Waals surface area contributed by atoms with Gasteiger partial charge in [-0.3, -0.25) is 4.79 Å². The smallest absolute Gasteiger partial charge is 0.220 e. The molecule has 2 saturated carbocycles. The number of carbonyl (C=O) groups is 1. The van der Waals surface area contributed by atoms with Crippen molar-refractivity contribution in [2.45, 2.75) is 57.4 Å². The zero-order valence-corrected chi connectivity index (χ0v) is 12.7. The van der Waals surface area contributed by atoms with E-state index in [0.29, 0.717) is 6.04 Å². The zero-order valence-electron chi connectivity index (χ0n) is 12.7. The van der Waals surface area contributed by atoms with Crippen molar-refractivity contribution < 1.29 is 4.79 Å². The Morgan fingerprint density at radius 1 is 1.10 bits per heavy atom. The number of hydrogen-bond donors (Lipinski definition) is 1. The maximum Gasteiger partial charge on any atom is 0.220 e. The van der Waals surface area contributed by atoms with Gasteiger partial charge in [-0.1, -0.05) is 43.2 Å². The Labute approximate surface area is 127 Å². The van der Waals surface area contributed by atoms with Crippen molar-refractivity contribution in [3.8, 4) is 0 Å². The predicted molar refractivity (Wildman–Crippen MR) is 83.8 cm³/mol. The largest absolute Gasteiger partial charge is 0.352 e. The highest BCUT2D eigenvalue weighted by atomic mass is 16.2. The van der Waals surface area contributed by atoms with E-state index in [9.17, 15) is 4.79 Å². The molecule has 1 aliphatic heterocycles. The van der Waals surface area contributed by atoms with Crippen molar-refractivity contribution in [2.75, 3.05) is 0 Å². The van der Waals surface area contributed by atoms with Gasteiger partial charge in [0.05, 0.1) is 0 Å². The van der Waals surface area contributed by atoms with Crippen LogP contribution in [-0.2, 0) is 11.2 Å². The summed E-state index contributed by atoms with van der Waals surface area (Å²) in [6.07, 6.45) is 9.90. The minimum atomic E-state index is 0.248. The molecule has 1 spiro atoms. The summed E-state index contributed by atoms with van der Waals surface area (Å²) in [6.45, 7) is 0. The number of rotatable bonds is 3. The summed E-state index contributed by atoms with van der Waals surface area (Å²) in [4.78, 5) is 12.1. The Bertz CT molecular complexity index is 522. The van der Waals surface area contributed by atoms with E-state index in [-0.39, 0.29) is 11.3 Å². The SMILES string of the molecule is O=C1CC2(CCCC(C3CC3)C2)C(Cc2ccccc2)N1. The van der Waals surface area contributed by atoms with Crippen LogP contribution in [0.15, 0.2) is 30.3 Å². The molecular formula is C19H25NO. The minimum absolute atomic E-state index is 0.248. The molecule has 112 valence electrons. The Kier molecular flexibility index (Phi) is 3.28. The molecule has 3 unspecified atom stereocenters. The lowest BCUT2D eigenvalue weighted by Crippen LogP contribution is -2.42. The topological polar surface area (TPSA) is 29.1 Å². The summed E-state index contributed by atoms with van der Waals surface area (Å²) in [6, 6.07) is 11.0. The second-order valence-corrected chi connectivity index (χ2v) is 7.54. The van der Waals surface area contributed by atoms with Gasteiger partial charge in [0, 0.05) is 12.5 Å². The first kappa shape index (κ1) is 13.4. The van der Waals surface area contributed by atoms with E-state index < -0.39 is 0 Å². The van der Waals surface area contributed by atoms with E-state index in [4.69, 9.17) is 0 Å². The lowest BCUT2D eigenvalue weighted by atomic mass is 9.63. The van der Waals surface area contributed by atoms with Crippen molar-refractivity contribution >= 4 is 5.91 Å². The summed E-state index contributed by atoms with van der Waals surface area (Å²) in [5.41, 5.74) is 1.61. The molecule has 1 N–H and O–H groups in total. The van der Waals surface area contributed by atoms with E-state index in [0.717, 1.165) is 24.7 Å². The lowest BCUT2D eigenvalue weighted by Gasteiger charge is -2.41. The molecule has 2 aliphatic carbocycles. The van der Waals surface area contributed by atoms with Crippen LogP contribution in [0.5, 0.6) is 0 Å². The number of carbonyl (C=O) groups excluding carboxylic acids is 1. The van der Waals surface area contributed by atoms with E-state index in [2.05, 4.69) is 35.6 Å². The first-order chi connectivity index (χ1) is 10.3. The highest BCUT2D eigenvalue weighted by Gasteiger charge is 2.50. The lowest BCUT2D eigenvalue weighted by molar-refractivity contribution is -0.120. The molecule has 3 atom stereocenters. The van der Waals surface area contributed by atoms with Gasteiger partial charge in [0.2, 0.25) is 5.91 Å². The Balaban J connectivity index is 1.55. The van der Waals surface area contributed by atoms with Gasteiger partial charge in [0.15, 0.2) is 0 Å². The Morgan fingerprint density at radius 3 is 2.67 bits per heavy atom. The molecule has 3 fully saturated rings. The van der Waals surface area contributed by atoms with E-state index in [1.54, 1.807) is 0 Å². The fraction of sp³-hybridized carbons (Fsp3) is 0.632. The maximum atomic E-state index is 12.1. The van der Waals surface area contributed by atoms with Crippen LogP contribution in [0.1, 0.15) is 50.5 Å². The second-order valence-electron chi connectivity index (χ2n) is 7.54. The van der Waals surface area contributed by atoms with E-state index >= 15 is 0 Å². The van der Waals surface area contributed by atoms with Gasteiger partial charge in [-0.2, -0.15) is 0 Å². The predicted octanol–water partition coefficient (Wildman–Crippen LogP) is 3.70. The van der Waals surface area contributed by atoms with Crippen LogP contribution in [-0.4, -0.2) is 11.9 Å². The van der Waals surface area contributed by atoms with Gasteiger partial charge in [-0.25, -0.2) is 0 Å². The van der Waals surface area contributed by atoms with Crippen LogP contribution in [0.4, 0.5) is 0 Å². The first-order valence-electron chi connectivity index (χ1n) is 8.58. The molecule has 1 aromatic carbocycles. The molecule has 2 heteroatoms.